The molecule has 3 nitrogen and oxygen atoms in total. The molecule has 0 saturated heterocycles. The van der Waals surface area contributed by atoms with Crippen molar-refractivity contribution in [3.8, 4) is 39.5 Å². The van der Waals surface area contributed by atoms with E-state index in [1.165, 1.54) is 86.4 Å². The van der Waals surface area contributed by atoms with E-state index in [0.29, 0.717) is 5.95 Å². The van der Waals surface area contributed by atoms with Crippen molar-refractivity contribution in [2.75, 3.05) is 0 Å². The number of para-hydroxylation sites is 2. The van der Waals surface area contributed by atoms with Crippen LogP contribution in [0.15, 0.2) is 200 Å². The van der Waals surface area contributed by atoms with Crippen LogP contribution in [-0.4, -0.2) is 14.5 Å². The molecule has 3 aromatic heterocycles. The molecule has 0 saturated carbocycles. The topological polar surface area (TPSA) is 30.7 Å². The summed E-state index contributed by atoms with van der Waals surface area (Å²) in [6, 6.07) is 72.5. The van der Waals surface area contributed by atoms with Crippen molar-refractivity contribution in [3.63, 3.8) is 0 Å². The number of nitrogens with zero attached hydrogens (tertiary/aromatic N) is 3. The number of aromatic nitrogens is 3. The lowest BCUT2D eigenvalue weighted by Gasteiger charge is -2.14. The minimum Gasteiger partial charge on any atom is -0.277 e. The van der Waals surface area contributed by atoms with Gasteiger partial charge >= 0.3 is 0 Å². The van der Waals surface area contributed by atoms with E-state index >= 15 is 0 Å². The van der Waals surface area contributed by atoms with Gasteiger partial charge in [-0.05, 0) is 61.6 Å². The second kappa shape index (κ2) is 15.1. The summed E-state index contributed by atoms with van der Waals surface area (Å²) in [5.41, 5.74) is 9.82. The molecule has 0 aliphatic carbocycles. The van der Waals surface area contributed by atoms with E-state index in [0.717, 1.165) is 38.8 Å². The quantitative estimate of drug-likeness (QED) is 0.177. The van der Waals surface area contributed by atoms with Gasteiger partial charge in [-0.1, -0.05) is 202 Å². The van der Waals surface area contributed by atoms with Crippen LogP contribution < -0.4 is 0 Å². The van der Waals surface area contributed by atoms with Crippen LogP contribution in [0, 0.1) is 0 Å². The molecule has 3 heterocycles. The maximum atomic E-state index is 5.57. The summed E-state index contributed by atoms with van der Waals surface area (Å²) in [5, 5.41) is 13.5. The zero-order valence-electron chi connectivity index (χ0n) is 35.0. The number of thiophene rings is 1. The third kappa shape index (κ3) is 5.94. The van der Waals surface area contributed by atoms with Crippen LogP contribution in [0.4, 0.5) is 0 Å². The molecular formula is C59H41N3S. The summed E-state index contributed by atoms with van der Waals surface area (Å²) in [5.74, 6) is 0.652. The van der Waals surface area contributed by atoms with Crippen molar-refractivity contribution >= 4 is 96.5 Å². The highest BCUT2D eigenvalue weighted by Gasteiger charge is 2.23. The Labute approximate surface area is 369 Å². The molecule has 0 N–H and O–H groups in total. The van der Waals surface area contributed by atoms with Gasteiger partial charge in [-0.2, -0.15) is 0 Å². The first-order chi connectivity index (χ1) is 31.2. The average molecular weight is 824 g/mol. The summed E-state index contributed by atoms with van der Waals surface area (Å²) < 4.78 is 4.90. The van der Waals surface area contributed by atoms with Crippen molar-refractivity contribution < 1.29 is 0 Å². The molecule has 0 radical (unpaired) electrons. The van der Waals surface area contributed by atoms with Gasteiger partial charge in [-0.15, -0.1) is 11.3 Å². The van der Waals surface area contributed by atoms with Gasteiger partial charge < -0.3 is 0 Å². The summed E-state index contributed by atoms with van der Waals surface area (Å²) >= 11 is 1.88. The van der Waals surface area contributed by atoms with Gasteiger partial charge in [0.15, 0.2) is 0 Å². The molecule has 10 aromatic carbocycles. The van der Waals surface area contributed by atoms with Crippen LogP contribution in [0.25, 0.3) is 125 Å². The summed E-state index contributed by atoms with van der Waals surface area (Å²) in [7, 11) is 0. The van der Waals surface area contributed by atoms with E-state index < -0.39 is 0 Å². The Bertz CT molecular complexity index is 3910. The van der Waals surface area contributed by atoms with Gasteiger partial charge in [0, 0.05) is 53.0 Å². The Balaban J connectivity index is 0.00000137. The molecule has 0 unspecified atom stereocenters. The Kier molecular flexibility index (Phi) is 8.87. The van der Waals surface area contributed by atoms with Gasteiger partial charge in [0.2, 0.25) is 5.95 Å². The van der Waals surface area contributed by atoms with E-state index in [-0.39, 0.29) is 0 Å². The molecular weight excluding hydrogens is 783 g/mol. The zero-order valence-corrected chi connectivity index (χ0v) is 35.8. The fourth-order valence-electron chi connectivity index (χ4n) is 9.71. The molecule has 4 heteroatoms. The number of hydrogen-bond donors (Lipinski definition) is 0. The normalized spacial score (nSPS) is 11.7. The Morgan fingerprint density at radius 2 is 0.952 bits per heavy atom. The van der Waals surface area contributed by atoms with Crippen LogP contribution in [0.5, 0.6) is 0 Å². The predicted molar refractivity (Wildman–Crippen MR) is 272 cm³/mol. The third-order valence-electron chi connectivity index (χ3n) is 12.4. The Hall–Kier alpha value is -7.66. The highest BCUT2D eigenvalue weighted by molar-refractivity contribution is 7.26. The number of hydrogen-bond acceptors (Lipinski definition) is 3. The highest BCUT2D eigenvalue weighted by atomic mass is 32.1. The maximum absolute atomic E-state index is 5.57. The lowest BCUT2D eigenvalue weighted by Crippen LogP contribution is -2.04. The number of benzene rings is 10. The average Bonchev–Trinajstić information content (AvgIpc) is 3.91. The van der Waals surface area contributed by atoms with E-state index in [9.17, 15) is 0 Å². The molecule has 0 spiro atoms. The number of fused-ring (bicyclic) bond motifs is 12. The largest absolute Gasteiger partial charge is 0.277 e. The molecule has 0 aliphatic heterocycles. The summed E-state index contributed by atoms with van der Waals surface area (Å²) in [6.07, 6.45) is 1.25. The molecule has 13 rings (SSSR count). The van der Waals surface area contributed by atoms with E-state index in [1.807, 2.05) is 11.3 Å². The standard InChI is InChI=1S/C56H33N3S.C3H8/c1-4-16-39-34(12-1)15-9-20-40(39)37-26-28-38(29-27-37)53-45-19-7-8-25-48(45)57-56(58-53)59-49-32-30-35-13-2-5-17-41(35)51(49)46-23-10-21-43(54(46)59)44-22-11-24-47-52-42-18-6-3-14-36(42)31-33-50(52)60-55(44)47;1-3-2/h1-33H;3H2,1-2H3. The predicted octanol–water partition coefficient (Wildman–Crippen LogP) is 17.0. The van der Waals surface area contributed by atoms with Crippen molar-refractivity contribution in [2.45, 2.75) is 20.3 Å². The fraction of sp³-hybridized carbons (Fsp3) is 0.0508. The zero-order chi connectivity index (χ0) is 42.0. The lowest BCUT2D eigenvalue weighted by molar-refractivity contribution is 1.01. The van der Waals surface area contributed by atoms with Gasteiger partial charge in [-0.25, -0.2) is 9.97 Å². The van der Waals surface area contributed by atoms with E-state index in [2.05, 4.69) is 219 Å². The number of rotatable bonds is 4. The third-order valence-corrected chi connectivity index (χ3v) is 13.6. The fourth-order valence-corrected chi connectivity index (χ4v) is 11.0. The molecule has 298 valence electrons. The molecule has 0 bridgehead atoms. The summed E-state index contributed by atoms with van der Waals surface area (Å²) in [4.78, 5) is 11.0. The van der Waals surface area contributed by atoms with Crippen molar-refractivity contribution in [1.29, 1.82) is 0 Å². The van der Waals surface area contributed by atoms with E-state index in [1.54, 1.807) is 0 Å². The second-order valence-electron chi connectivity index (χ2n) is 16.4. The minimum absolute atomic E-state index is 0.652. The first kappa shape index (κ1) is 37.1. The molecule has 13 aromatic rings. The molecule has 0 atom stereocenters. The molecule has 63 heavy (non-hydrogen) atoms. The molecule has 0 amide bonds. The van der Waals surface area contributed by atoms with Crippen LogP contribution >= 0.6 is 11.3 Å². The van der Waals surface area contributed by atoms with Gasteiger partial charge in [-0.3, -0.25) is 4.57 Å². The smallest absolute Gasteiger partial charge is 0.235 e. The van der Waals surface area contributed by atoms with Gasteiger partial charge in [0.1, 0.15) is 0 Å². The molecule has 0 fully saturated rings. The summed E-state index contributed by atoms with van der Waals surface area (Å²) in [6.45, 7) is 4.25. The van der Waals surface area contributed by atoms with Crippen LogP contribution in [0.1, 0.15) is 20.3 Å². The van der Waals surface area contributed by atoms with Crippen LogP contribution in [0.3, 0.4) is 0 Å². The van der Waals surface area contributed by atoms with Crippen molar-refractivity contribution in [1.82, 2.24) is 14.5 Å². The van der Waals surface area contributed by atoms with Crippen LogP contribution in [-0.2, 0) is 0 Å². The van der Waals surface area contributed by atoms with Gasteiger partial charge in [0.25, 0.3) is 0 Å². The first-order valence-electron chi connectivity index (χ1n) is 21.8. The highest BCUT2D eigenvalue weighted by Crippen LogP contribution is 2.47. The Morgan fingerprint density at radius 3 is 1.71 bits per heavy atom. The Morgan fingerprint density at radius 1 is 0.413 bits per heavy atom. The SMILES string of the molecule is CCC.c1ccc2c(-c3ccc(-c4nc(-n5c6ccc7ccccc7c6c6cccc(-c7cccc8c7sc7ccc9ccccc9c78)c65)nc5ccccc45)cc3)cccc2c1. The van der Waals surface area contributed by atoms with Crippen molar-refractivity contribution in [2.24, 2.45) is 0 Å². The molecule has 0 aliphatic rings. The van der Waals surface area contributed by atoms with Gasteiger partial charge in [0.05, 0.1) is 22.2 Å². The van der Waals surface area contributed by atoms with Crippen molar-refractivity contribution in [3.05, 3.63) is 200 Å². The van der Waals surface area contributed by atoms with E-state index in [4.69, 9.17) is 9.97 Å². The van der Waals surface area contributed by atoms with Crippen LogP contribution in [0.2, 0.25) is 0 Å². The first-order valence-corrected chi connectivity index (χ1v) is 22.6. The second-order valence-corrected chi connectivity index (χ2v) is 17.4. The monoisotopic (exact) mass is 823 g/mol. The maximum Gasteiger partial charge on any atom is 0.235 e. The minimum atomic E-state index is 0.652. The lowest BCUT2D eigenvalue weighted by atomic mass is 9.96.